The van der Waals surface area contributed by atoms with Crippen molar-refractivity contribution in [3.8, 4) is 0 Å². The predicted octanol–water partition coefficient (Wildman–Crippen LogP) is 10.9. The van der Waals surface area contributed by atoms with Crippen LogP contribution >= 0.6 is 23.2 Å². The Hall–Kier alpha value is -4.04. The number of hydrogen-bond acceptors (Lipinski definition) is 8. The van der Waals surface area contributed by atoms with Crippen LogP contribution in [0.2, 0.25) is 10.0 Å². The molecule has 0 aliphatic heterocycles. The summed E-state index contributed by atoms with van der Waals surface area (Å²) < 4.78 is 78.1. The molecular weight excluding hydrogens is 729 g/mol. The summed E-state index contributed by atoms with van der Waals surface area (Å²) in [5.41, 5.74) is 1.15. The Balaban J connectivity index is 0.000000347. The van der Waals surface area contributed by atoms with Gasteiger partial charge >= 0.3 is 0 Å². The van der Waals surface area contributed by atoms with E-state index in [9.17, 15) is 26.3 Å². The molecule has 288 valence electrons. The highest BCUT2D eigenvalue weighted by atomic mass is 35.5. The summed E-state index contributed by atoms with van der Waals surface area (Å²) in [6, 6.07) is 2.54. The van der Waals surface area contributed by atoms with Crippen molar-refractivity contribution in [2.75, 3.05) is 21.3 Å². The number of nitrogens with zero attached hydrogens (tertiary/aromatic N) is 4. The molecule has 8 nitrogen and oxygen atoms in total. The van der Waals surface area contributed by atoms with Crippen LogP contribution in [-0.4, -0.2) is 44.1 Å². The molecule has 0 amide bonds. The third kappa shape index (κ3) is 15.7. The topological polar surface area (TPSA) is 99.7 Å². The highest BCUT2D eigenvalue weighted by molar-refractivity contribution is 6.31. The maximum absolute atomic E-state index is 13.7. The van der Waals surface area contributed by atoms with E-state index >= 15 is 0 Å². The molecule has 0 atom stereocenters. The fraction of sp³-hybridized carbons (Fsp3) is 0.444. The van der Waals surface area contributed by atoms with Gasteiger partial charge in [0.15, 0.2) is 46.5 Å². The van der Waals surface area contributed by atoms with Crippen molar-refractivity contribution in [3.63, 3.8) is 0 Å². The summed E-state index contributed by atoms with van der Waals surface area (Å²) in [7, 11) is 0. The molecule has 4 aromatic heterocycles. The average molecular weight is 778 g/mol. The molecule has 0 saturated heterocycles. The second-order valence-electron chi connectivity index (χ2n) is 12.6. The van der Waals surface area contributed by atoms with Crippen molar-refractivity contribution < 1.29 is 26.3 Å². The Bertz CT molecular complexity index is 1720. The molecule has 0 aromatic carbocycles. The average Bonchev–Trinajstić information content (AvgIpc) is 3.03. The number of nitrogens with one attached hydrogen (secondary N) is 4. The zero-order chi connectivity index (χ0) is 39.9. The molecule has 0 aliphatic carbocycles. The van der Waals surface area contributed by atoms with Crippen molar-refractivity contribution in [2.24, 2.45) is 0 Å². The van der Waals surface area contributed by atoms with Gasteiger partial charge in [0.2, 0.25) is 0 Å². The molecule has 4 rings (SSSR count). The normalized spacial score (nSPS) is 10.6. The number of aromatic nitrogens is 4. The molecule has 4 aromatic rings. The SMILES string of the molecule is CC(C)Nc1ncc(F)cc1F.CCc1c(Cl)cnc(NC(C)C)c1F.Cc1c(F)cnc(NC(C)C)c1F.Cc1nc(NC(C)C)c(F)cc1Cl. The molecule has 0 spiro atoms. The van der Waals surface area contributed by atoms with Gasteiger partial charge in [-0.15, -0.1) is 0 Å². The first kappa shape index (κ1) is 46.0. The molecular formula is C36H48Cl2F6N8. The summed E-state index contributed by atoms with van der Waals surface area (Å²) in [6.45, 7) is 20.1. The van der Waals surface area contributed by atoms with E-state index in [0.717, 1.165) is 18.5 Å². The summed E-state index contributed by atoms with van der Waals surface area (Å²) in [4.78, 5) is 15.1. The lowest BCUT2D eigenvalue weighted by Gasteiger charge is -2.12. The van der Waals surface area contributed by atoms with Crippen molar-refractivity contribution in [1.29, 1.82) is 0 Å². The van der Waals surface area contributed by atoms with Crippen LogP contribution in [0.25, 0.3) is 0 Å². The molecule has 0 radical (unpaired) electrons. The Kier molecular flexibility index (Phi) is 19.6. The van der Waals surface area contributed by atoms with Gasteiger partial charge in [0.05, 0.1) is 28.1 Å². The number of hydrogen-bond donors (Lipinski definition) is 4. The molecule has 52 heavy (non-hydrogen) atoms. The van der Waals surface area contributed by atoms with E-state index in [2.05, 4.69) is 41.2 Å². The van der Waals surface area contributed by atoms with Crippen LogP contribution in [0.5, 0.6) is 0 Å². The molecule has 0 fully saturated rings. The second-order valence-corrected chi connectivity index (χ2v) is 13.4. The quantitative estimate of drug-likeness (QED) is 0.125. The number of rotatable bonds is 9. The Morgan fingerprint density at radius 3 is 1.50 bits per heavy atom. The van der Waals surface area contributed by atoms with E-state index in [1.807, 2.05) is 62.3 Å². The van der Waals surface area contributed by atoms with Crippen LogP contribution in [0.3, 0.4) is 0 Å². The van der Waals surface area contributed by atoms with E-state index in [0.29, 0.717) is 27.7 Å². The van der Waals surface area contributed by atoms with Gasteiger partial charge in [0, 0.05) is 47.6 Å². The minimum atomic E-state index is -0.665. The summed E-state index contributed by atoms with van der Waals surface area (Å²) in [6.07, 6.45) is 4.05. The van der Waals surface area contributed by atoms with E-state index < -0.39 is 29.1 Å². The lowest BCUT2D eigenvalue weighted by molar-refractivity contribution is 0.559. The van der Waals surface area contributed by atoms with E-state index in [-0.39, 0.29) is 58.8 Å². The van der Waals surface area contributed by atoms with Gasteiger partial charge < -0.3 is 21.3 Å². The first-order chi connectivity index (χ1) is 24.2. The smallest absolute Gasteiger partial charge is 0.171 e. The predicted molar refractivity (Wildman–Crippen MR) is 201 cm³/mol. The largest absolute Gasteiger partial charge is 0.365 e. The van der Waals surface area contributed by atoms with Crippen molar-refractivity contribution in [2.45, 2.75) is 107 Å². The second kappa shape index (κ2) is 22.1. The lowest BCUT2D eigenvalue weighted by atomic mass is 10.2. The number of pyridine rings is 4. The zero-order valence-electron chi connectivity index (χ0n) is 31.2. The van der Waals surface area contributed by atoms with Crippen LogP contribution in [0.15, 0.2) is 30.7 Å². The molecule has 4 heterocycles. The first-order valence-corrected chi connectivity index (χ1v) is 17.3. The van der Waals surface area contributed by atoms with E-state index in [1.165, 1.54) is 19.2 Å². The van der Waals surface area contributed by atoms with Gasteiger partial charge in [-0.1, -0.05) is 30.1 Å². The summed E-state index contributed by atoms with van der Waals surface area (Å²) in [5, 5.41) is 12.1. The molecule has 0 saturated carbocycles. The van der Waals surface area contributed by atoms with Gasteiger partial charge in [-0.2, -0.15) is 0 Å². The number of anilines is 4. The zero-order valence-corrected chi connectivity index (χ0v) is 32.7. The van der Waals surface area contributed by atoms with Crippen LogP contribution in [0.4, 0.5) is 49.6 Å². The number of halogens is 8. The summed E-state index contributed by atoms with van der Waals surface area (Å²) in [5.74, 6) is -2.58. The maximum atomic E-state index is 13.7. The number of aryl methyl sites for hydroxylation is 1. The standard InChI is InChI=1S/C10H14ClFN2.C9H12ClFN2.C9H12F2N2.C8H10F2N2/c1-4-7-8(11)5-13-10(9(7)12)14-6(2)3;1-5(2)12-9-8(11)4-7(10)6(3)13-9;1-5(2)13-9-8(11)6(3)7(10)4-12-9;1-5(2)12-8-7(10)3-6(9)4-11-8/h5-6H,4H2,1-3H3,(H,13,14);2*4-5H,1-3H3,(H,12,13);3-5H,1-2H3,(H,11,12). The van der Waals surface area contributed by atoms with Gasteiger partial charge in [0.1, 0.15) is 11.6 Å². The van der Waals surface area contributed by atoms with Crippen LogP contribution in [0.1, 0.15) is 79.1 Å². The van der Waals surface area contributed by atoms with Gasteiger partial charge in [0.25, 0.3) is 0 Å². The fourth-order valence-corrected chi connectivity index (χ4v) is 4.26. The Morgan fingerprint density at radius 1 is 0.558 bits per heavy atom. The Labute approximate surface area is 312 Å². The van der Waals surface area contributed by atoms with Gasteiger partial charge in [-0.05, 0) is 81.7 Å². The van der Waals surface area contributed by atoms with E-state index in [1.54, 1.807) is 6.92 Å². The van der Waals surface area contributed by atoms with Crippen LogP contribution in [-0.2, 0) is 6.42 Å². The molecule has 0 bridgehead atoms. The van der Waals surface area contributed by atoms with Crippen molar-refractivity contribution in [1.82, 2.24) is 19.9 Å². The van der Waals surface area contributed by atoms with Gasteiger partial charge in [-0.3, -0.25) is 0 Å². The highest BCUT2D eigenvalue weighted by Crippen LogP contribution is 2.24. The molecule has 4 N–H and O–H groups in total. The van der Waals surface area contributed by atoms with Gasteiger partial charge in [-0.25, -0.2) is 46.3 Å². The maximum Gasteiger partial charge on any atom is 0.171 e. The fourth-order valence-electron chi connectivity index (χ4n) is 3.86. The van der Waals surface area contributed by atoms with Crippen molar-refractivity contribution in [3.05, 3.63) is 92.5 Å². The first-order valence-electron chi connectivity index (χ1n) is 16.5. The van der Waals surface area contributed by atoms with E-state index in [4.69, 9.17) is 23.2 Å². The molecule has 16 heteroatoms. The highest BCUT2D eigenvalue weighted by Gasteiger charge is 2.13. The minimum Gasteiger partial charge on any atom is -0.365 e. The van der Waals surface area contributed by atoms with Crippen LogP contribution in [0, 0.1) is 48.8 Å². The van der Waals surface area contributed by atoms with Crippen molar-refractivity contribution >= 4 is 46.5 Å². The third-order valence-corrected chi connectivity index (χ3v) is 6.95. The molecule has 0 unspecified atom stereocenters. The summed E-state index contributed by atoms with van der Waals surface area (Å²) >= 11 is 11.5. The molecule has 0 aliphatic rings. The lowest BCUT2D eigenvalue weighted by Crippen LogP contribution is -2.13. The Morgan fingerprint density at radius 2 is 1.00 bits per heavy atom. The monoisotopic (exact) mass is 776 g/mol. The van der Waals surface area contributed by atoms with Crippen LogP contribution < -0.4 is 21.3 Å². The minimum absolute atomic E-state index is 0.00171. The third-order valence-electron chi connectivity index (χ3n) is 6.24.